The Morgan fingerprint density at radius 3 is 1.60 bits per heavy atom. The molecule has 2 rings (SSSR count). The molecular weight excluding hydrogens is 379 g/mol. The van der Waals surface area contributed by atoms with Crippen molar-refractivity contribution < 1.29 is 0 Å². The Morgan fingerprint density at radius 2 is 1.20 bits per heavy atom. The SMILES string of the molecule is CC(C)c1cc(C(C)C)c(-c2ccc(C(C)(C)C)cc2C(C)(C)C)c(C(C)C)c1P. The summed E-state index contributed by atoms with van der Waals surface area (Å²) in [5.41, 5.74) is 10.5. The molecule has 166 valence electrons. The maximum atomic E-state index is 3.10. The first-order valence-corrected chi connectivity index (χ1v) is 12.3. The highest BCUT2D eigenvalue weighted by Gasteiger charge is 2.28. The molecule has 0 bridgehead atoms. The van der Waals surface area contributed by atoms with Crippen LogP contribution in [0.3, 0.4) is 0 Å². The average Bonchev–Trinajstić information content (AvgIpc) is 2.58. The highest BCUT2D eigenvalue weighted by molar-refractivity contribution is 7.27. The molecule has 1 unspecified atom stereocenters. The first-order valence-electron chi connectivity index (χ1n) is 11.7. The highest BCUT2D eigenvalue weighted by Crippen LogP contribution is 2.43. The van der Waals surface area contributed by atoms with Crippen LogP contribution in [0.15, 0.2) is 24.3 Å². The van der Waals surface area contributed by atoms with E-state index in [4.69, 9.17) is 0 Å². The van der Waals surface area contributed by atoms with Crippen LogP contribution in [0, 0.1) is 0 Å². The minimum Gasteiger partial charge on any atom is -0.105 e. The Bertz CT molecular complexity index is 899. The Kier molecular flexibility index (Phi) is 7.36. The molecule has 0 spiro atoms. The lowest BCUT2D eigenvalue weighted by atomic mass is 9.74. The van der Waals surface area contributed by atoms with Gasteiger partial charge in [0.25, 0.3) is 0 Å². The lowest BCUT2D eigenvalue weighted by Gasteiger charge is -2.32. The van der Waals surface area contributed by atoms with Gasteiger partial charge in [0.2, 0.25) is 0 Å². The molecule has 0 amide bonds. The zero-order valence-electron chi connectivity index (χ0n) is 21.6. The molecule has 0 aliphatic carbocycles. The third-order valence-corrected chi connectivity index (χ3v) is 6.90. The summed E-state index contributed by atoms with van der Waals surface area (Å²) >= 11 is 0. The number of benzene rings is 2. The average molecular weight is 425 g/mol. The maximum absolute atomic E-state index is 3.10. The van der Waals surface area contributed by atoms with E-state index in [1.807, 2.05) is 0 Å². The van der Waals surface area contributed by atoms with Gasteiger partial charge in [0.15, 0.2) is 0 Å². The molecule has 30 heavy (non-hydrogen) atoms. The van der Waals surface area contributed by atoms with Gasteiger partial charge >= 0.3 is 0 Å². The van der Waals surface area contributed by atoms with Crippen molar-refractivity contribution in [1.29, 1.82) is 0 Å². The maximum Gasteiger partial charge on any atom is -0.0105 e. The normalized spacial score (nSPS) is 13.1. The monoisotopic (exact) mass is 424 g/mol. The lowest BCUT2D eigenvalue weighted by Crippen LogP contribution is -2.20. The first-order chi connectivity index (χ1) is 13.6. The third kappa shape index (κ3) is 5.02. The Morgan fingerprint density at radius 1 is 0.667 bits per heavy atom. The van der Waals surface area contributed by atoms with Crippen LogP contribution < -0.4 is 5.30 Å². The van der Waals surface area contributed by atoms with E-state index in [1.165, 1.54) is 44.2 Å². The zero-order valence-corrected chi connectivity index (χ0v) is 22.8. The van der Waals surface area contributed by atoms with Crippen molar-refractivity contribution in [2.75, 3.05) is 0 Å². The van der Waals surface area contributed by atoms with E-state index < -0.39 is 0 Å². The van der Waals surface area contributed by atoms with Crippen molar-refractivity contribution in [3.63, 3.8) is 0 Å². The largest absolute Gasteiger partial charge is 0.105 e. The van der Waals surface area contributed by atoms with Crippen molar-refractivity contribution in [3.05, 3.63) is 52.1 Å². The second kappa shape index (κ2) is 8.78. The summed E-state index contributed by atoms with van der Waals surface area (Å²) in [4.78, 5) is 0. The summed E-state index contributed by atoms with van der Waals surface area (Å²) < 4.78 is 0. The fraction of sp³-hybridized carbons (Fsp3) is 0.586. The molecule has 2 aromatic rings. The topological polar surface area (TPSA) is 0 Å². The van der Waals surface area contributed by atoms with E-state index in [2.05, 4.69) is 117 Å². The van der Waals surface area contributed by atoms with Gasteiger partial charge in [0, 0.05) is 0 Å². The van der Waals surface area contributed by atoms with Crippen molar-refractivity contribution in [2.45, 2.75) is 112 Å². The predicted octanol–water partition coefficient (Wildman–Crippen LogP) is 8.82. The lowest BCUT2D eigenvalue weighted by molar-refractivity contribution is 0.569. The fourth-order valence-electron chi connectivity index (χ4n) is 4.45. The molecular formula is C29H45P. The Labute approximate surface area is 189 Å². The van der Waals surface area contributed by atoms with Gasteiger partial charge < -0.3 is 0 Å². The zero-order chi connectivity index (χ0) is 23.2. The van der Waals surface area contributed by atoms with Crippen LogP contribution >= 0.6 is 9.24 Å². The number of rotatable bonds is 4. The van der Waals surface area contributed by atoms with Crippen LogP contribution in [0.25, 0.3) is 11.1 Å². The van der Waals surface area contributed by atoms with Gasteiger partial charge in [-0.05, 0) is 72.8 Å². The molecule has 0 aliphatic rings. The molecule has 0 saturated heterocycles. The summed E-state index contributed by atoms with van der Waals surface area (Å²) in [5, 5.41) is 1.40. The molecule has 0 aliphatic heterocycles. The van der Waals surface area contributed by atoms with Gasteiger partial charge in [0.1, 0.15) is 0 Å². The van der Waals surface area contributed by atoms with Crippen LogP contribution in [-0.2, 0) is 10.8 Å². The van der Waals surface area contributed by atoms with Gasteiger partial charge in [-0.2, -0.15) is 0 Å². The van der Waals surface area contributed by atoms with E-state index in [0.29, 0.717) is 17.8 Å². The van der Waals surface area contributed by atoms with Crippen LogP contribution in [0.2, 0.25) is 0 Å². The Balaban J connectivity index is 3.05. The number of hydrogen-bond donors (Lipinski definition) is 0. The number of hydrogen-bond acceptors (Lipinski definition) is 0. The molecule has 0 fully saturated rings. The molecule has 2 aromatic carbocycles. The molecule has 0 heterocycles. The van der Waals surface area contributed by atoms with Gasteiger partial charge in [-0.3, -0.25) is 0 Å². The standard InChI is InChI=1S/C29H45P/c1-17(2)22-16-23(18(3)4)27(30)25(19(5)6)26(22)21-14-13-20(28(7,8)9)15-24(21)29(10,11)12/h13-19H,30H2,1-12H3. The quantitative estimate of drug-likeness (QED) is 0.430. The molecule has 0 nitrogen and oxygen atoms in total. The van der Waals surface area contributed by atoms with E-state index >= 15 is 0 Å². The van der Waals surface area contributed by atoms with Crippen molar-refractivity contribution in [2.24, 2.45) is 0 Å². The molecule has 0 aromatic heterocycles. The summed E-state index contributed by atoms with van der Waals surface area (Å²) in [7, 11) is 3.10. The summed E-state index contributed by atoms with van der Waals surface area (Å²) in [6, 6.07) is 9.73. The second-order valence-corrected chi connectivity index (χ2v) is 12.6. The highest BCUT2D eigenvalue weighted by atomic mass is 31.0. The molecule has 0 radical (unpaired) electrons. The van der Waals surface area contributed by atoms with Crippen LogP contribution in [-0.4, -0.2) is 0 Å². The first kappa shape index (κ1) is 25.1. The van der Waals surface area contributed by atoms with Gasteiger partial charge in [-0.1, -0.05) is 107 Å². The molecule has 1 atom stereocenters. The predicted molar refractivity (Wildman–Crippen MR) is 141 cm³/mol. The van der Waals surface area contributed by atoms with E-state index in [9.17, 15) is 0 Å². The molecule has 0 N–H and O–H groups in total. The van der Waals surface area contributed by atoms with Gasteiger partial charge in [-0.25, -0.2) is 0 Å². The van der Waals surface area contributed by atoms with Crippen molar-refractivity contribution >= 4 is 14.5 Å². The van der Waals surface area contributed by atoms with E-state index in [1.54, 1.807) is 0 Å². The van der Waals surface area contributed by atoms with Crippen molar-refractivity contribution in [1.82, 2.24) is 0 Å². The van der Waals surface area contributed by atoms with Gasteiger partial charge in [0.05, 0.1) is 0 Å². The van der Waals surface area contributed by atoms with Gasteiger partial charge in [-0.15, -0.1) is 9.24 Å². The molecule has 1 heteroatoms. The van der Waals surface area contributed by atoms with Crippen LogP contribution in [0.5, 0.6) is 0 Å². The Hall–Kier alpha value is -1.13. The molecule has 0 saturated carbocycles. The fourth-order valence-corrected chi connectivity index (χ4v) is 5.34. The summed E-state index contributed by atoms with van der Waals surface area (Å²) in [6.45, 7) is 28.0. The van der Waals surface area contributed by atoms with Crippen LogP contribution in [0.1, 0.15) is 129 Å². The summed E-state index contributed by atoms with van der Waals surface area (Å²) in [5.74, 6) is 1.47. The van der Waals surface area contributed by atoms with Crippen LogP contribution in [0.4, 0.5) is 0 Å². The second-order valence-electron chi connectivity index (χ2n) is 12.0. The van der Waals surface area contributed by atoms with E-state index in [-0.39, 0.29) is 10.8 Å². The summed E-state index contributed by atoms with van der Waals surface area (Å²) in [6.07, 6.45) is 0. The van der Waals surface area contributed by atoms with E-state index in [0.717, 1.165) is 0 Å². The smallest absolute Gasteiger partial charge is 0.0105 e. The minimum absolute atomic E-state index is 0.0802. The minimum atomic E-state index is 0.0802. The van der Waals surface area contributed by atoms with Crippen molar-refractivity contribution in [3.8, 4) is 11.1 Å². The third-order valence-electron chi connectivity index (χ3n) is 6.25.